The Morgan fingerprint density at radius 3 is 2.77 bits per heavy atom. The molecule has 0 spiro atoms. The molecule has 5 heteroatoms. The van der Waals surface area contributed by atoms with Crippen molar-refractivity contribution in [2.75, 3.05) is 45.9 Å². The normalized spacial score (nSPS) is 24.5. The second kappa shape index (κ2) is 7.73. The number of hydrogen-bond donors (Lipinski definition) is 0. The largest absolute Gasteiger partial charge is 0.379 e. The lowest BCUT2D eigenvalue weighted by Gasteiger charge is -2.36. The van der Waals surface area contributed by atoms with Crippen molar-refractivity contribution in [1.82, 2.24) is 9.80 Å². The van der Waals surface area contributed by atoms with Crippen molar-refractivity contribution >= 4 is 11.6 Å². The van der Waals surface area contributed by atoms with Crippen LogP contribution in [0.1, 0.15) is 18.4 Å². The molecule has 3 rings (SSSR count). The molecule has 122 valence electrons. The number of rotatable bonds is 4. The third-order valence-corrected chi connectivity index (χ3v) is 4.98. The van der Waals surface area contributed by atoms with Gasteiger partial charge in [-0.15, -0.1) is 0 Å². The molecule has 0 amide bonds. The lowest BCUT2D eigenvalue weighted by atomic mass is 9.96. The summed E-state index contributed by atoms with van der Waals surface area (Å²) < 4.78 is 18.5. The van der Waals surface area contributed by atoms with Gasteiger partial charge in [0.25, 0.3) is 0 Å². The first-order valence-corrected chi connectivity index (χ1v) is 8.55. The standard InChI is InChI=1S/C17H24ClFN2O/c18-17-10-16(19)4-3-15(17)13-21-5-1-2-14(12-21)11-20-6-8-22-9-7-20/h3-4,10,14H,1-2,5-9,11-13H2. The van der Waals surface area contributed by atoms with Crippen LogP contribution in [-0.4, -0.2) is 55.7 Å². The fraction of sp³-hybridized carbons (Fsp3) is 0.647. The lowest BCUT2D eigenvalue weighted by molar-refractivity contribution is 0.0224. The van der Waals surface area contributed by atoms with E-state index in [0.717, 1.165) is 58.0 Å². The summed E-state index contributed by atoms with van der Waals surface area (Å²) in [5.41, 5.74) is 1.02. The molecule has 0 aromatic heterocycles. The summed E-state index contributed by atoms with van der Waals surface area (Å²) in [6, 6.07) is 4.71. The van der Waals surface area contributed by atoms with E-state index in [2.05, 4.69) is 9.80 Å². The molecule has 1 aromatic carbocycles. The Kier molecular flexibility index (Phi) is 5.69. The summed E-state index contributed by atoms with van der Waals surface area (Å²) in [5.74, 6) is 0.448. The predicted octanol–water partition coefficient (Wildman–Crippen LogP) is 3.02. The Labute approximate surface area is 137 Å². The second-order valence-corrected chi connectivity index (χ2v) is 6.80. The molecule has 2 fully saturated rings. The minimum Gasteiger partial charge on any atom is -0.379 e. The van der Waals surface area contributed by atoms with Crippen LogP contribution in [-0.2, 0) is 11.3 Å². The van der Waals surface area contributed by atoms with Gasteiger partial charge in [-0.1, -0.05) is 17.7 Å². The van der Waals surface area contributed by atoms with E-state index in [0.29, 0.717) is 10.9 Å². The molecule has 0 bridgehead atoms. The lowest BCUT2D eigenvalue weighted by Crippen LogP contribution is -2.44. The van der Waals surface area contributed by atoms with Crippen molar-refractivity contribution < 1.29 is 9.13 Å². The van der Waals surface area contributed by atoms with Crippen LogP contribution >= 0.6 is 11.6 Å². The number of hydrogen-bond acceptors (Lipinski definition) is 3. The molecule has 2 aliphatic rings. The van der Waals surface area contributed by atoms with Crippen LogP contribution in [0.2, 0.25) is 5.02 Å². The third-order valence-electron chi connectivity index (χ3n) is 4.63. The number of ether oxygens (including phenoxy) is 1. The maximum Gasteiger partial charge on any atom is 0.124 e. The highest BCUT2D eigenvalue weighted by atomic mass is 35.5. The van der Waals surface area contributed by atoms with Gasteiger partial charge in [0.1, 0.15) is 5.82 Å². The van der Waals surface area contributed by atoms with Gasteiger partial charge in [-0.3, -0.25) is 9.80 Å². The van der Waals surface area contributed by atoms with Crippen molar-refractivity contribution in [2.45, 2.75) is 19.4 Å². The van der Waals surface area contributed by atoms with Gasteiger partial charge in [-0.2, -0.15) is 0 Å². The quantitative estimate of drug-likeness (QED) is 0.846. The summed E-state index contributed by atoms with van der Waals surface area (Å²) in [7, 11) is 0. The molecular weight excluding hydrogens is 303 g/mol. The Balaban J connectivity index is 1.53. The van der Waals surface area contributed by atoms with Crippen LogP contribution in [0.4, 0.5) is 4.39 Å². The Morgan fingerprint density at radius 1 is 1.18 bits per heavy atom. The van der Waals surface area contributed by atoms with E-state index in [4.69, 9.17) is 16.3 Å². The highest BCUT2D eigenvalue weighted by molar-refractivity contribution is 6.31. The highest BCUT2D eigenvalue weighted by Crippen LogP contribution is 2.23. The van der Waals surface area contributed by atoms with Crippen LogP contribution in [0.3, 0.4) is 0 Å². The molecule has 2 saturated heterocycles. The molecule has 0 radical (unpaired) electrons. The first-order chi connectivity index (χ1) is 10.7. The molecule has 3 nitrogen and oxygen atoms in total. The fourth-order valence-corrected chi connectivity index (χ4v) is 3.71. The van der Waals surface area contributed by atoms with Crippen molar-refractivity contribution in [3.63, 3.8) is 0 Å². The summed E-state index contributed by atoms with van der Waals surface area (Å²) in [6.07, 6.45) is 2.53. The predicted molar refractivity (Wildman–Crippen MR) is 86.7 cm³/mol. The molecule has 1 aromatic rings. The number of halogens is 2. The molecule has 0 saturated carbocycles. The van der Waals surface area contributed by atoms with E-state index < -0.39 is 0 Å². The van der Waals surface area contributed by atoms with E-state index in [1.165, 1.54) is 25.0 Å². The monoisotopic (exact) mass is 326 g/mol. The van der Waals surface area contributed by atoms with Crippen molar-refractivity contribution in [3.05, 3.63) is 34.6 Å². The van der Waals surface area contributed by atoms with Gasteiger partial charge >= 0.3 is 0 Å². The maximum atomic E-state index is 13.1. The Morgan fingerprint density at radius 2 is 2.00 bits per heavy atom. The van der Waals surface area contributed by atoms with E-state index in [-0.39, 0.29) is 5.82 Å². The Hall–Kier alpha value is -0.680. The van der Waals surface area contributed by atoms with Crippen LogP contribution in [0, 0.1) is 11.7 Å². The van der Waals surface area contributed by atoms with Gasteiger partial charge in [0.05, 0.1) is 13.2 Å². The molecule has 22 heavy (non-hydrogen) atoms. The van der Waals surface area contributed by atoms with Crippen molar-refractivity contribution in [3.8, 4) is 0 Å². The number of piperidine rings is 1. The highest BCUT2D eigenvalue weighted by Gasteiger charge is 2.23. The zero-order valence-electron chi connectivity index (χ0n) is 12.9. The van der Waals surface area contributed by atoms with Gasteiger partial charge in [-0.05, 0) is 43.0 Å². The Bertz CT molecular complexity index is 494. The first-order valence-electron chi connectivity index (χ1n) is 8.17. The smallest absolute Gasteiger partial charge is 0.124 e. The van der Waals surface area contributed by atoms with Gasteiger partial charge in [0, 0.05) is 37.7 Å². The molecule has 2 heterocycles. The minimum atomic E-state index is -0.266. The van der Waals surface area contributed by atoms with Crippen molar-refractivity contribution in [2.24, 2.45) is 5.92 Å². The minimum absolute atomic E-state index is 0.266. The van der Waals surface area contributed by atoms with Gasteiger partial charge in [-0.25, -0.2) is 4.39 Å². The van der Waals surface area contributed by atoms with Gasteiger partial charge < -0.3 is 4.74 Å². The average Bonchev–Trinajstić information content (AvgIpc) is 2.52. The van der Waals surface area contributed by atoms with Crippen molar-refractivity contribution in [1.29, 1.82) is 0 Å². The summed E-state index contributed by atoms with van der Waals surface area (Å²) in [6.45, 7) is 8.03. The molecule has 0 aliphatic carbocycles. The van der Waals surface area contributed by atoms with Gasteiger partial charge in [0.15, 0.2) is 0 Å². The number of morpholine rings is 1. The zero-order chi connectivity index (χ0) is 15.4. The SMILES string of the molecule is Fc1ccc(CN2CCCC(CN3CCOCC3)C2)c(Cl)c1. The topological polar surface area (TPSA) is 15.7 Å². The maximum absolute atomic E-state index is 13.1. The fourth-order valence-electron chi connectivity index (χ4n) is 3.48. The molecule has 0 N–H and O–H groups in total. The molecule has 2 aliphatic heterocycles. The van der Waals surface area contributed by atoms with Gasteiger partial charge in [0.2, 0.25) is 0 Å². The zero-order valence-corrected chi connectivity index (χ0v) is 13.7. The van der Waals surface area contributed by atoms with E-state index >= 15 is 0 Å². The molecule has 1 unspecified atom stereocenters. The van der Waals surface area contributed by atoms with E-state index in [1.54, 1.807) is 0 Å². The van der Waals surface area contributed by atoms with Crippen LogP contribution in [0.15, 0.2) is 18.2 Å². The van der Waals surface area contributed by atoms with Crippen LogP contribution < -0.4 is 0 Å². The average molecular weight is 327 g/mol. The second-order valence-electron chi connectivity index (χ2n) is 6.39. The van der Waals surface area contributed by atoms with E-state index in [1.807, 2.05) is 6.07 Å². The number of nitrogens with zero attached hydrogens (tertiary/aromatic N) is 2. The summed E-state index contributed by atoms with van der Waals surface area (Å²) >= 11 is 6.15. The van der Waals surface area contributed by atoms with Crippen LogP contribution in [0.25, 0.3) is 0 Å². The molecular formula is C17H24ClFN2O. The number of likely N-dealkylation sites (tertiary alicyclic amines) is 1. The molecule has 1 atom stereocenters. The van der Waals surface area contributed by atoms with E-state index in [9.17, 15) is 4.39 Å². The summed E-state index contributed by atoms with van der Waals surface area (Å²) in [5, 5.41) is 0.537. The number of benzene rings is 1. The van der Waals surface area contributed by atoms with Crippen LogP contribution in [0.5, 0.6) is 0 Å². The first kappa shape index (κ1) is 16.2. The summed E-state index contributed by atoms with van der Waals surface area (Å²) in [4.78, 5) is 4.97. The third kappa shape index (κ3) is 4.42.